The lowest BCUT2D eigenvalue weighted by atomic mass is 9.67. The largest absolute Gasteiger partial charge is 0.285 e. The molecule has 0 radical (unpaired) electrons. The number of β-lactam (4-membered cyclic amide) rings is 1. The third-order valence-corrected chi connectivity index (χ3v) is 6.31. The topological polar surface area (TPSA) is 40.6 Å². The monoisotopic (exact) mass is 324 g/mol. The molecular weight excluding hydrogens is 308 g/mol. The maximum absolute atomic E-state index is 13.1. The molecule has 4 nitrogen and oxygen atoms in total. The summed E-state index contributed by atoms with van der Waals surface area (Å²) in [5.41, 5.74) is 0.491. The molecule has 2 heterocycles. The van der Waals surface area contributed by atoms with Gasteiger partial charge in [-0.15, -0.1) is 0 Å². The van der Waals surface area contributed by atoms with E-state index in [2.05, 4.69) is 0 Å². The normalized spacial score (nSPS) is 29.1. The lowest BCUT2D eigenvalue weighted by Gasteiger charge is -2.70. The van der Waals surface area contributed by atoms with Crippen LogP contribution in [0.3, 0.4) is 0 Å². The molecule has 1 amide bonds. The Morgan fingerprint density at radius 3 is 2.00 bits per heavy atom. The summed E-state index contributed by atoms with van der Waals surface area (Å²) in [5.74, 6) is -0.146. The van der Waals surface area contributed by atoms with Crippen LogP contribution < -0.4 is 4.90 Å². The Kier molecular flexibility index (Phi) is 2.95. The third kappa shape index (κ3) is 1.47. The molecule has 116 valence electrons. The molecule has 2 saturated heterocycles. The predicted octanol–water partition coefficient (Wildman–Crippen LogP) is 2.46. The molecule has 0 aliphatic carbocycles. The predicted molar refractivity (Wildman–Crippen MR) is 91.1 cm³/mol. The van der Waals surface area contributed by atoms with Crippen LogP contribution in [0.1, 0.15) is 5.56 Å². The Morgan fingerprint density at radius 1 is 0.913 bits per heavy atom. The number of thioether (sulfide) groups is 1. The minimum Gasteiger partial charge on any atom is -0.285 e. The molecule has 5 heteroatoms. The fraction of sp³-hybridized carbons (Fsp3) is 0.222. The summed E-state index contributed by atoms with van der Waals surface area (Å²) in [5, 5.41) is -0.0745. The van der Waals surface area contributed by atoms with Gasteiger partial charge in [-0.3, -0.25) is 19.4 Å². The minimum absolute atomic E-state index is 0.0745. The van der Waals surface area contributed by atoms with E-state index in [1.807, 2.05) is 79.7 Å². The van der Waals surface area contributed by atoms with Crippen LogP contribution in [0.25, 0.3) is 0 Å². The fourth-order valence-electron chi connectivity index (χ4n) is 3.67. The number of rotatable bonds is 3. The fourth-order valence-corrected chi connectivity index (χ4v) is 5.19. The van der Waals surface area contributed by atoms with E-state index >= 15 is 0 Å². The van der Waals surface area contributed by atoms with Crippen molar-refractivity contribution in [3.05, 3.63) is 66.2 Å². The van der Waals surface area contributed by atoms with Crippen LogP contribution in [-0.2, 0) is 15.0 Å². The number of para-hydroxylation sites is 1. The number of likely N-dealkylation sites (N-methyl/N-ethyl adjacent to an activating group) is 1. The summed E-state index contributed by atoms with van der Waals surface area (Å²) in [4.78, 5) is 28.8. The van der Waals surface area contributed by atoms with Gasteiger partial charge < -0.3 is 0 Å². The van der Waals surface area contributed by atoms with Crippen molar-refractivity contribution in [1.82, 2.24) is 4.90 Å². The van der Waals surface area contributed by atoms with Gasteiger partial charge in [-0.25, -0.2) is 0 Å². The van der Waals surface area contributed by atoms with E-state index in [1.165, 1.54) is 11.8 Å². The lowest BCUT2D eigenvalue weighted by Crippen LogP contribution is -2.91. The molecule has 2 atom stereocenters. The van der Waals surface area contributed by atoms with Crippen molar-refractivity contribution in [2.45, 2.75) is 10.4 Å². The quantitative estimate of drug-likeness (QED) is 0.642. The first-order chi connectivity index (χ1) is 11.1. The molecule has 0 aromatic heterocycles. The number of carbonyl (C=O) groups is 2. The summed E-state index contributed by atoms with van der Waals surface area (Å²) in [7, 11) is 3.83. The zero-order valence-corrected chi connectivity index (χ0v) is 13.7. The molecule has 0 saturated carbocycles. The maximum atomic E-state index is 13.1. The molecule has 2 aliphatic rings. The van der Waals surface area contributed by atoms with Gasteiger partial charge >= 0.3 is 0 Å². The highest BCUT2D eigenvalue weighted by Gasteiger charge is 2.86. The first-order valence-electron chi connectivity index (χ1n) is 7.43. The number of carbonyl (C=O) groups excluding carboxylic acids is 2. The Hall–Kier alpha value is -2.11. The molecule has 2 fully saturated rings. The van der Waals surface area contributed by atoms with Crippen molar-refractivity contribution < 1.29 is 9.59 Å². The van der Waals surface area contributed by atoms with E-state index in [1.54, 1.807) is 4.90 Å². The van der Waals surface area contributed by atoms with Gasteiger partial charge in [0, 0.05) is 5.69 Å². The number of amides is 1. The van der Waals surface area contributed by atoms with E-state index < -0.39 is 10.4 Å². The van der Waals surface area contributed by atoms with Crippen LogP contribution in [0.5, 0.6) is 0 Å². The minimum atomic E-state index is -1.10. The van der Waals surface area contributed by atoms with Crippen LogP contribution in [0, 0.1) is 0 Å². The first kappa shape index (κ1) is 14.5. The number of benzene rings is 2. The van der Waals surface area contributed by atoms with Gasteiger partial charge in [0.05, 0.1) is 0 Å². The van der Waals surface area contributed by atoms with Crippen LogP contribution in [0.15, 0.2) is 60.7 Å². The van der Waals surface area contributed by atoms with E-state index in [0.717, 1.165) is 11.3 Å². The van der Waals surface area contributed by atoms with E-state index in [4.69, 9.17) is 0 Å². The van der Waals surface area contributed by atoms with Crippen LogP contribution in [0.4, 0.5) is 5.69 Å². The van der Waals surface area contributed by atoms with Crippen molar-refractivity contribution in [1.29, 1.82) is 0 Å². The summed E-state index contributed by atoms with van der Waals surface area (Å²) in [6, 6.07) is 18.9. The van der Waals surface area contributed by atoms with Gasteiger partial charge in [0.15, 0.2) is 10.4 Å². The second-order valence-corrected chi connectivity index (χ2v) is 7.13. The molecule has 0 bridgehead atoms. The third-order valence-electron chi connectivity index (χ3n) is 4.68. The summed E-state index contributed by atoms with van der Waals surface area (Å²) < 4.78 is 0. The summed E-state index contributed by atoms with van der Waals surface area (Å²) in [6.45, 7) is 0. The number of hydrogen-bond acceptors (Lipinski definition) is 4. The number of fused-ring (bicyclic) bond motifs is 1. The molecule has 0 N–H and O–H groups in total. The van der Waals surface area contributed by atoms with Gasteiger partial charge in [0.25, 0.3) is 5.91 Å². The van der Waals surface area contributed by atoms with Gasteiger partial charge in [-0.05, 0) is 43.6 Å². The molecule has 23 heavy (non-hydrogen) atoms. The van der Waals surface area contributed by atoms with Crippen LogP contribution in [-0.4, -0.2) is 35.0 Å². The lowest BCUT2D eigenvalue weighted by molar-refractivity contribution is -0.150. The van der Waals surface area contributed by atoms with Gasteiger partial charge in [0.1, 0.15) is 0 Å². The van der Waals surface area contributed by atoms with Crippen molar-refractivity contribution in [3.8, 4) is 0 Å². The second kappa shape index (κ2) is 4.69. The number of anilines is 1. The molecule has 2 aromatic carbocycles. The molecule has 0 spiro atoms. The Bertz CT molecular complexity index is 793. The summed E-state index contributed by atoms with van der Waals surface area (Å²) >= 11 is 1.23. The number of hydrogen-bond donors (Lipinski definition) is 0. The smallest absolute Gasteiger partial charge is 0.253 e. The molecule has 2 unspecified atom stereocenters. The van der Waals surface area contributed by atoms with Gasteiger partial charge in [0.2, 0.25) is 5.12 Å². The molecular formula is C18H16N2O2S. The average Bonchev–Trinajstić information content (AvgIpc) is 2.55. The van der Waals surface area contributed by atoms with E-state index in [9.17, 15) is 9.59 Å². The summed E-state index contributed by atoms with van der Waals surface area (Å²) in [6.07, 6.45) is 0. The maximum Gasteiger partial charge on any atom is 0.253 e. The highest BCUT2D eigenvalue weighted by molar-refractivity contribution is 8.17. The Morgan fingerprint density at radius 2 is 1.48 bits per heavy atom. The zero-order valence-electron chi connectivity index (χ0n) is 12.9. The Labute approximate surface area is 139 Å². The standard InChI is InChI=1S/C18H16N2O2S/c1-19(2)18-17(16(22)23-18,13-9-5-3-6-10-13)15(21)20(18)14-11-7-4-8-12-14/h3-12H,1-2H3. The van der Waals surface area contributed by atoms with Crippen molar-refractivity contribution in [2.75, 3.05) is 19.0 Å². The van der Waals surface area contributed by atoms with Gasteiger partial charge in [-0.2, -0.15) is 0 Å². The van der Waals surface area contributed by atoms with Crippen LogP contribution in [0.2, 0.25) is 0 Å². The Balaban J connectivity index is 1.90. The number of nitrogens with zero attached hydrogens (tertiary/aromatic N) is 2. The average molecular weight is 324 g/mol. The van der Waals surface area contributed by atoms with Crippen molar-refractivity contribution in [2.24, 2.45) is 0 Å². The first-order valence-corrected chi connectivity index (χ1v) is 8.24. The van der Waals surface area contributed by atoms with Gasteiger partial charge in [-0.1, -0.05) is 48.5 Å². The SMILES string of the molecule is CN(C)C12SC(=O)C1(c1ccccc1)C(=O)N2c1ccccc1. The zero-order chi connectivity index (χ0) is 16.2. The molecule has 2 aromatic rings. The molecule has 2 aliphatic heterocycles. The van der Waals surface area contributed by atoms with Crippen molar-refractivity contribution >= 4 is 28.5 Å². The van der Waals surface area contributed by atoms with E-state index in [-0.39, 0.29) is 11.0 Å². The highest BCUT2D eigenvalue weighted by Crippen LogP contribution is 2.68. The van der Waals surface area contributed by atoms with Crippen LogP contribution >= 0.6 is 11.8 Å². The van der Waals surface area contributed by atoms with Crippen molar-refractivity contribution in [3.63, 3.8) is 0 Å². The highest BCUT2D eigenvalue weighted by atomic mass is 32.2. The second-order valence-electron chi connectivity index (χ2n) is 5.98. The molecule has 4 rings (SSSR count). The van der Waals surface area contributed by atoms with E-state index in [0.29, 0.717) is 0 Å².